The van der Waals surface area contributed by atoms with E-state index in [4.69, 9.17) is 16.7 Å². The summed E-state index contributed by atoms with van der Waals surface area (Å²) in [5.74, 6) is 0.588. The Balaban J connectivity index is 1.67. The molecule has 7 heteroatoms. The average molecular weight is 347 g/mol. The maximum Gasteiger partial charge on any atom is 0.320 e. The van der Waals surface area contributed by atoms with Crippen LogP contribution >= 0.6 is 11.6 Å². The molecule has 6 nitrogen and oxygen atoms in total. The van der Waals surface area contributed by atoms with Crippen LogP contribution in [0.4, 0.5) is 10.6 Å². The Morgan fingerprint density at radius 2 is 2.21 bits per heavy atom. The van der Waals surface area contributed by atoms with E-state index in [2.05, 4.69) is 15.7 Å². The van der Waals surface area contributed by atoms with E-state index in [0.717, 1.165) is 11.3 Å². The number of anilines is 1. The van der Waals surface area contributed by atoms with E-state index in [1.807, 2.05) is 43.5 Å². The van der Waals surface area contributed by atoms with Crippen LogP contribution in [-0.2, 0) is 0 Å². The van der Waals surface area contributed by atoms with Crippen molar-refractivity contribution in [1.29, 1.82) is 0 Å². The number of aliphatic hydroxyl groups excluding tert-OH is 1. The molecule has 1 aliphatic carbocycles. The molecule has 126 valence electrons. The number of para-hydroxylation sites is 1. The van der Waals surface area contributed by atoms with Crippen LogP contribution in [0.25, 0.3) is 5.69 Å². The lowest BCUT2D eigenvalue weighted by Gasteiger charge is -2.13. The maximum atomic E-state index is 12.1. The Bertz CT molecular complexity index is 772. The van der Waals surface area contributed by atoms with Crippen molar-refractivity contribution in [2.45, 2.75) is 19.4 Å². The molecule has 2 aromatic rings. The third kappa shape index (κ3) is 3.60. The number of hydrogen-bond donors (Lipinski definition) is 3. The van der Waals surface area contributed by atoms with Gasteiger partial charge in [-0.3, -0.25) is 5.32 Å². The Morgan fingerprint density at radius 3 is 2.92 bits per heavy atom. The number of rotatable bonds is 4. The van der Waals surface area contributed by atoms with E-state index < -0.39 is 0 Å². The first-order chi connectivity index (χ1) is 11.6. The van der Waals surface area contributed by atoms with Gasteiger partial charge in [-0.05, 0) is 25.5 Å². The molecule has 1 aliphatic rings. The molecule has 0 bridgehead atoms. The normalized spacial score (nSPS) is 19.5. The number of carbonyl (C=O) groups excluding carboxylic acids is 1. The highest BCUT2D eigenvalue weighted by Crippen LogP contribution is 2.22. The number of nitrogens with one attached hydrogen (secondary N) is 2. The minimum Gasteiger partial charge on any atom is -0.396 e. The smallest absolute Gasteiger partial charge is 0.320 e. The Kier molecular flexibility index (Phi) is 4.87. The van der Waals surface area contributed by atoms with Crippen LogP contribution in [0.1, 0.15) is 12.0 Å². The molecule has 3 rings (SSSR count). The van der Waals surface area contributed by atoms with Crippen molar-refractivity contribution in [3.8, 4) is 5.69 Å². The number of carbonyl (C=O) groups is 1. The zero-order valence-corrected chi connectivity index (χ0v) is 14.0. The zero-order chi connectivity index (χ0) is 17.1. The lowest BCUT2D eigenvalue weighted by Crippen LogP contribution is -2.36. The van der Waals surface area contributed by atoms with Gasteiger partial charge >= 0.3 is 6.03 Å². The van der Waals surface area contributed by atoms with E-state index in [-0.39, 0.29) is 24.6 Å². The van der Waals surface area contributed by atoms with Crippen LogP contribution in [0, 0.1) is 12.8 Å². The molecule has 0 unspecified atom stereocenters. The van der Waals surface area contributed by atoms with Crippen LogP contribution in [0.5, 0.6) is 0 Å². The second kappa shape index (κ2) is 7.07. The molecule has 2 atom stereocenters. The molecular weight excluding hydrogens is 328 g/mol. The fourth-order valence-corrected chi connectivity index (χ4v) is 2.90. The van der Waals surface area contributed by atoms with Crippen molar-refractivity contribution in [2.24, 2.45) is 5.92 Å². The first kappa shape index (κ1) is 16.5. The summed E-state index contributed by atoms with van der Waals surface area (Å²) in [4.78, 5) is 12.1. The number of nitrogens with zero attached hydrogens (tertiary/aromatic N) is 2. The maximum absolute atomic E-state index is 12.1. The van der Waals surface area contributed by atoms with Gasteiger partial charge in [0.15, 0.2) is 5.82 Å². The summed E-state index contributed by atoms with van der Waals surface area (Å²) in [6.07, 6.45) is 6.34. The second-order valence-electron chi connectivity index (χ2n) is 5.82. The quantitative estimate of drug-likeness (QED) is 0.745. The topological polar surface area (TPSA) is 79.2 Å². The number of urea groups is 1. The van der Waals surface area contributed by atoms with Gasteiger partial charge in [-0.2, -0.15) is 0 Å². The van der Waals surface area contributed by atoms with Crippen LogP contribution < -0.4 is 10.6 Å². The molecule has 2 amide bonds. The standard InChI is InChI=1S/C17H19ClN4O2/c1-11-9-22(15-5-3-2-4-14(15)18)21-16(11)20-17(24)19-13-7-6-12(8-13)10-23/h2-7,9,12-13,23H,8,10H2,1H3,(H2,19,20,21,24)/t12-,13+/m0/s1. The summed E-state index contributed by atoms with van der Waals surface area (Å²) >= 11 is 6.18. The fourth-order valence-electron chi connectivity index (χ4n) is 2.67. The van der Waals surface area contributed by atoms with Gasteiger partial charge in [0.1, 0.15) is 0 Å². The van der Waals surface area contributed by atoms with E-state index >= 15 is 0 Å². The Hall–Kier alpha value is -2.31. The van der Waals surface area contributed by atoms with Crippen molar-refractivity contribution in [1.82, 2.24) is 15.1 Å². The predicted molar refractivity (Wildman–Crippen MR) is 93.6 cm³/mol. The van der Waals surface area contributed by atoms with Gasteiger partial charge in [-0.25, -0.2) is 9.48 Å². The van der Waals surface area contributed by atoms with Crippen molar-refractivity contribution in [3.05, 3.63) is 53.2 Å². The van der Waals surface area contributed by atoms with Crippen molar-refractivity contribution in [2.75, 3.05) is 11.9 Å². The molecule has 0 radical (unpaired) electrons. The van der Waals surface area contributed by atoms with Crippen LogP contribution in [0.15, 0.2) is 42.6 Å². The minimum atomic E-state index is -0.323. The zero-order valence-electron chi connectivity index (χ0n) is 13.2. The predicted octanol–water partition coefficient (Wildman–Crippen LogP) is 2.89. The van der Waals surface area contributed by atoms with E-state index in [1.54, 1.807) is 10.7 Å². The molecule has 1 aromatic carbocycles. The molecule has 0 aliphatic heterocycles. The van der Waals surface area contributed by atoms with Gasteiger partial charge in [0.2, 0.25) is 0 Å². The number of aromatic nitrogens is 2. The Morgan fingerprint density at radius 1 is 1.42 bits per heavy atom. The number of aryl methyl sites for hydroxylation is 1. The highest BCUT2D eigenvalue weighted by atomic mass is 35.5. The first-order valence-electron chi connectivity index (χ1n) is 7.74. The van der Waals surface area contributed by atoms with Gasteiger partial charge < -0.3 is 10.4 Å². The number of aliphatic hydroxyl groups is 1. The van der Waals surface area contributed by atoms with Crippen LogP contribution in [-0.4, -0.2) is 33.6 Å². The summed E-state index contributed by atoms with van der Waals surface area (Å²) in [7, 11) is 0. The minimum absolute atomic E-state index is 0.0758. The van der Waals surface area contributed by atoms with E-state index in [1.165, 1.54) is 0 Å². The van der Waals surface area contributed by atoms with Crippen molar-refractivity contribution < 1.29 is 9.90 Å². The van der Waals surface area contributed by atoms with Crippen LogP contribution in [0.2, 0.25) is 5.02 Å². The third-order valence-corrected chi connectivity index (χ3v) is 4.27. The Labute approximate surface area is 145 Å². The molecule has 3 N–H and O–H groups in total. The SMILES string of the molecule is Cc1cn(-c2ccccc2Cl)nc1NC(=O)N[C@@H]1C=C[C@H](CO)C1. The number of halogens is 1. The lowest BCUT2D eigenvalue weighted by molar-refractivity contribution is 0.238. The molecule has 24 heavy (non-hydrogen) atoms. The molecule has 1 heterocycles. The summed E-state index contributed by atoms with van der Waals surface area (Å²) in [6.45, 7) is 1.96. The largest absolute Gasteiger partial charge is 0.396 e. The molecule has 0 saturated heterocycles. The highest BCUT2D eigenvalue weighted by Gasteiger charge is 2.20. The fraction of sp³-hybridized carbons (Fsp3) is 0.294. The lowest BCUT2D eigenvalue weighted by atomic mass is 10.1. The van der Waals surface area contributed by atoms with Gasteiger partial charge in [-0.1, -0.05) is 35.9 Å². The highest BCUT2D eigenvalue weighted by molar-refractivity contribution is 6.32. The number of amides is 2. The van der Waals surface area contributed by atoms with Gasteiger partial charge in [0.25, 0.3) is 0 Å². The third-order valence-electron chi connectivity index (χ3n) is 3.95. The van der Waals surface area contributed by atoms with Crippen LogP contribution in [0.3, 0.4) is 0 Å². The summed E-state index contributed by atoms with van der Waals surface area (Å²) in [5, 5.41) is 19.7. The van der Waals surface area contributed by atoms with Crippen molar-refractivity contribution >= 4 is 23.4 Å². The van der Waals surface area contributed by atoms with Gasteiger partial charge in [-0.15, -0.1) is 5.10 Å². The molecule has 1 aromatic heterocycles. The second-order valence-corrected chi connectivity index (χ2v) is 6.23. The van der Waals surface area contributed by atoms with E-state index in [0.29, 0.717) is 17.3 Å². The van der Waals surface area contributed by atoms with Gasteiger partial charge in [0.05, 0.1) is 10.7 Å². The molecule has 0 saturated carbocycles. The summed E-state index contributed by atoms with van der Waals surface area (Å²) in [5.41, 5.74) is 1.58. The monoisotopic (exact) mass is 346 g/mol. The number of hydrogen-bond acceptors (Lipinski definition) is 3. The summed E-state index contributed by atoms with van der Waals surface area (Å²) < 4.78 is 1.64. The average Bonchev–Trinajstić information content (AvgIpc) is 3.15. The molecule has 0 spiro atoms. The first-order valence-corrected chi connectivity index (χ1v) is 8.12. The molecule has 0 fully saturated rings. The molecular formula is C17H19ClN4O2. The number of benzene rings is 1. The van der Waals surface area contributed by atoms with Crippen molar-refractivity contribution in [3.63, 3.8) is 0 Å². The van der Waals surface area contributed by atoms with Gasteiger partial charge in [0, 0.05) is 30.3 Å². The summed E-state index contributed by atoms with van der Waals surface area (Å²) in [6, 6.07) is 6.98. The van der Waals surface area contributed by atoms with E-state index in [9.17, 15) is 4.79 Å².